The number of aromatic amines is 1. The topological polar surface area (TPSA) is 82.4 Å². The number of rotatable bonds is 4. The number of piperazine rings is 1. The van der Waals surface area contributed by atoms with Gasteiger partial charge < -0.3 is 19.8 Å². The van der Waals surface area contributed by atoms with E-state index >= 15 is 0 Å². The van der Waals surface area contributed by atoms with Gasteiger partial charge in [-0.3, -0.25) is 9.48 Å². The maximum absolute atomic E-state index is 13.1. The number of aryl methyl sites for hydroxylation is 1. The minimum Gasteiger partial charge on any atom is -0.367 e. The third-order valence-electron chi connectivity index (χ3n) is 6.94. The molecule has 8 heteroatoms. The molecule has 1 saturated carbocycles. The van der Waals surface area contributed by atoms with Crippen LogP contribution < -0.4 is 4.90 Å². The van der Waals surface area contributed by atoms with E-state index in [1.807, 2.05) is 32.7 Å². The number of amides is 1. The third kappa shape index (κ3) is 4.01. The van der Waals surface area contributed by atoms with Crippen LogP contribution in [-0.2, 0) is 11.8 Å². The highest BCUT2D eigenvalue weighted by atomic mass is 16.2. The number of anilines is 1. The van der Waals surface area contributed by atoms with Crippen LogP contribution in [0, 0.1) is 11.8 Å². The van der Waals surface area contributed by atoms with Gasteiger partial charge in [-0.05, 0) is 43.7 Å². The average Bonchev–Trinajstić information content (AvgIpc) is 3.45. The van der Waals surface area contributed by atoms with E-state index in [1.54, 1.807) is 4.68 Å². The van der Waals surface area contributed by atoms with Gasteiger partial charge in [-0.25, -0.2) is 4.98 Å². The molecule has 1 aliphatic carbocycles. The fourth-order valence-corrected chi connectivity index (χ4v) is 5.16. The van der Waals surface area contributed by atoms with E-state index in [0.717, 1.165) is 74.2 Å². The lowest BCUT2D eigenvalue weighted by Gasteiger charge is -2.38. The average molecular weight is 434 g/mol. The number of pyridine rings is 1. The molecule has 2 aliphatic rings. The summed E-state index contributed by atoms with van der Waals surface area (Å²) >= 11 is 0. The van der Waals surface area contributed by atoms with Crippen molar-refractivity contribution in [2.75, 3.05) is 38.1 Å². The summed E-state index contributed by atoms with van der Waals surface area (Å²) in [5.41, 5.74) is 4.12. The van der Waals surface area contributed by atoms with Crippen LogP contribution in [0.1, 0.15) is 25.7 Å². The molecule has 1 aliphatic heterocycles. The van der Waals surface area contributed by atoms with Crippen molar-refractivity contribution >= 4 is 28.8 Å². The summed E-state index contributed by atoms with van der Waals surface area (Å²) in [5.74, 6) is 1.08. The molecule has 0 bridgehead atoms. The van der Waals surface area contributed by atoms with Crippen LogP contribution >= 0.6 is 0 Å². The number of fused-ring (bicyclic) bond motifs is 1. The first-order chi connectivity index (χ1) is 15.6. The first-order valence-corrected chi connectivity index (χ1v) is 11.5. The van der Waals surface area contributed by atoms with Crippen LogP contribution in [0.5, 0.6) is 0 Å². The lowest BCUT2D eigenvalue weighted by molar-refractivity contribution is -0.137. The van der Waals surface area contributed by atoms with Gasteiger partial charge in [0.05, 0.1) is 11.9 Å². The Balaban J connectivity index is 1.25. The minimum absolute atomic E-state index is 0.183. The second kappa shape index (κ2) is 8.76. The number of aliphatic imine (C=N–C) groups is 1. The molecular formula is C24H31N7O. The van der Waals surface area contributed by atoms with Gasteiger partial charge in [-0.1, -0.05) is 0 Å². The van der Waals surface area contributed by atoms with Crippen LogP contribution in [0.25, 0.3) is 22.3 Å². The fraction of sp³-hybridized carbons (Fsp3) is 0.500. The molecule has 4 heterocycles. The Morgan fingerprint density at radius 1 is 1.19 bits per heavy atom. The van der Waals surface area contributed by atoms with Gasteiger partial charge >= 0.3 is 0 Å². The summed E-state index contributed by atoms with van der Waals surface area (Å²) in [6.45, 7) is 3.24. The van der Waals surface area contributed by atoms with E-state index in [9.17, 15) is 4.79 Å². The van der Waals surface area contributed by atoms with Gasteiger partial charge in [0.15, 0.2) is 0 Å². The predicted octanol–water partition coefficient (Wildman–Crippen LogP) is 3.12. The van der Waals surface area contributed by atoms with Crippen LogP contribution in [0.2, 0.25) is 0 Å². The molecule has 0 atom stereocenters. The number of hydrogen-bond acceptors (Lipinski definition) is 5. The minimum atomic E-state index is 0.183. The monoisotopic (exact) mass is 433 g/mol. The number of carbonyl (C=O) groups excluding carboxylic acids is 1. The van der Waals surface area contributed by atoms with Crippen LogP contribution in [-0.4, -0.2) is 70.0 Å². The Bertz CT molecular complexity index is 1110. The van der Waals surface area contributed by atoms with Crippen molar-refractivity contribution in [3.63, 3.8) is 0 Å². The van der Waals surface area contributed by atoms with Gasteiger partial charge in [0, 0.05) is 81.4 Å². The Morgan fingerprint density at radius 2 is 1.97 bits per heavy atom. The molecule has 3 aromatic heterocycles. The summed E-state index contributed by atoms with van der Waals surface area (Å²) < 4.78 is 1.80. The van der Waals surface area contributed by atoms with Gasteiger partial charge in [0.2, 0.25) is 5.91 Å². The molecule has 0 radical (unpaired) electrons. The predicted molar refractivity (Wildman–Crippen MR) is 127 cm³/mol. The zero-order valence-corrected chi connectivity index (χ0v) is 18.9. The van der Waals surface area contributed by atoms with Crippen molar-refractivity contribution in [3.05, 3.63) is 30.7 Å². The molecule has 1 saturated heterocycles. The van der Waals surface area contributed by atoms with Crippen molar-refractivity contribution in [3.8, 4) is 11.3 Å². The highest BCUT2D eigenvalue weighted by Crippen LogP contribution is 2.32. The van der Waals surface area contributed by atoms with Gasteiger partial charge in [0.1, 0.15) is 5.65 Å². The Hall–Kier alpha value is -3.16. The Morgan fingerprint density at radius 3 is 2.66 bits per heavy atom. The number of aromatic nitrogens is 4. The highest BCUT2D eigenvalue weighted by molar-refractivity contribution is 5.94. The van der Waals surface area contributed by atoms with Crippen molar-refractivity contribution in [1.82, 2.24) is 24.6 Å². The zero-order valence-electron chi connectivity index (χ0n) is 18.9. The van der Waals surface area contributed by atoms with Gasteiger partial charge in [0.25, 0.3) is 0 Å². The van der Waals surface area contributed by atoms with Crippen molar-refractivity contribution in [2.45, 2.75) is 25.7 Å². The smallest absolute Gasteiger partial charge is 0.225 e. The second-order valence-corrected chi connectivity index (χ2v) is 9.01. The van der Waals surface area contributed by atoms with E-state index < -0.39 is 0 Å². The van der Waals surface area contributed by atoms with Gasteiger partial charge in [-0.15, -0.1) is 0 Å². The second-order valence-electron chi connectivity index (χ2n) is 9.01. The lowest BCUT2D eigenvalue weighted by Crippen LogP contribution is -2.50. The van der Waals surface area contributed by atoms with Crippen LogP contribution in [0.4, 0.5) is 5.69 Å². The number of hydrogen-bond donors (Lipinski definition) is 1. The molecule has 5 rings (SSSR count). The maximum Gasteiger partial charge on any atom is 0.225 e. The normalized spacial score (nSPS) is 22.2. The molecule has 1 N–H and O–H groups in total. The highest BCUT2D eigenvalue weighted by Gasteiger charge is 2.31. The van der Waals surface area contributed by atoms with Crippen molar-refractivity contribution in [1.29, 1.82) is 0 Å². The van der Waals surface area contributed by atoms with E-state index in [4.69, 9.17) is 0 Å². The number of nitrogens with zero attached hydrogens (tertiary/aromatic N) is 6. The zero-order chi connectivity index (χ0) is 22.1. The Labute approximate surface area is 188 Å². The van der Waals surface area contributed by atoms with Crippen LogP contribution in [0.3, 0.4) is 0 Å². The van der Waals surface area contributed by atoms with E-state index in [0.29, 0.717) is 11.8 Å². The molecule has 8 nitrogen and oxygen atoms in total. The Kier molecular flexibility index (Phi) is 5.68. The number of carbonyl (C=O) groups is 1. The molecule has 0 unspecified atom stereocenters. The fourth-order valence-electron chi connectivity index (χ4n) is 5.16. The molecule has 1 amide bonds. The van der Waals surface area contributed by atoms with E-state index in [1.165, 1.54) is 5.69 Å². The van der Waals surface area contributed by atoms with Crippen molar-refractivity contribution < 1.29 is 4.79 Å². The molecule has 168 valence electrons. The molecule has 0 spiro atoms. The summed E-state index contributed by atoms with van der Waals surface area (Å²) in [5, 5.41) is 5.39. The summed E-state index contributed by atoms with van der Waals surface area (Å²) in [4.78, 5) is 29.7. The maximum atomic E-state index is 13.1. The quantitative estimate of drug-likeness (QED) is 0.641. The molecule has 0 aromatic carbocycles. The first kappa shape index (κ1) is 20.7. The lowest BCUT2D eigenvalue weighted by atomic mass is 9.82. The SMILES string of the molecule is CN=CC1CCC(C(=O)N2CCN(c3ccnc4[nH]c(-c5cnn(C)c5)cc34)CC2)CC1. The summed E-state index contributed by atoms with van der Waals surface area (Å²) in [6.07, 6.45) is 11.9. The molecule has 2 fully saturated rings. The van der Waals surface area contributed by atoms with E-state index in [2.05, 4.69) is 48.2 Å². The molecular weight excluding hydrogens is 402 g/mol. The first-order valence-electron chi connectivity index (χ1n) is 11.5. The molecule has 3 aromatic rings. The standard InChI is InChI=1S/C24H31N7O/c1-25-14-17-3-5-18(6-4-17)24(32)31-11-9-30(10-12-31)22-7-8-26-23-20(22)13-21(28-23)19-15-27-29(2)16-19/h7-8,13-18H,3-6,9-12H2,1-2H3,(H,26,28). The van der Waals surface area contributed by atoms with Crippen molar-refractivity contribution in [2.24, 2.45) is 23.9 Å². The summed E-state index contributed by atoms with van der Waals surface area (Å²) in [6, 6.07) is 4.24. The van der Waals surface area contributed by atoms with E-state index in [-0.39, 0.29) is 5.92 Å². The van der Waals surface area contributed by atoms with Gasteiger partial charge in [-0.2, -0.15) is 5.10 Å². The number of nitrogens with one attached hydrogen (secondary N) is 1. The molecule has 32 heavy (non-hydrogen) atoms. The van der Waals surface area contributed by atoms with Crippen LogP contribution in [0.15, 0.2) is 35.7 Å². The summed E-state index contributed by atoms with van der Waals surface area (Å²) in [7, 11) is 3.75. The number of H-pyrrole nitrogens is 1. The largest absolute Gasteiger partial charge is 0.367 e. The third-order valence-corrected chi connectivity index (χ3v) is 6.94.